The number of hydrogen-bond acceptors (Lipinski definition) is 6. The van der Waals surface area contributed by atoms with Crippen LogP contribution < -0.4 is 5.73 Å². The third-order valence-corrected chi connectivity index (χ3v) is 3.25. The first-order valence-corrected chi connectivity index (χ1v) is 5.65. The van der Waals surface area contributed by atoms with E-state index in [1.807, 2.05) is 0 Å². The van der Waals surface area contributed by atoms with Crippen LogP contribution in [0.1, 0.15) is 5.89 Å². The van der Waals surface area contributed by atoms with E-state index in [1.54, 1.807) is 19.2 Å². The molecule has 78 valence electrons. The number of rotatable bonds is 2. The minimum Gasteiger partial charge on any atom is -0.416 e. The lowest BCUT2D eigenvalue weighted by atomic mass is 10.4. The molecule has 0 aliphatic rings. The summed E-state index contributed by atoms with van der Waals surface area (Å²) in [5.74, 6) is 0.532. The van der Waals surface area contributed by atoms with Gasteiger partial charge in [-0.2, -0.15) is 0 Å². The summed E-state index contributed by atoms with van der Waals surface area (Å²) < 4.78 is 6.03. The number of halogens is 1. The highest BCUT2D eigenvalue weighted by atomic mass is 79.9. The maximum atomic E-state index is 5.57. The van der Waals surface area contributed by atoms with Crippen LogP contribution in [0.25, 0.3) is 0 Å². The van der Waals surface area contributed by atoms with Crippen LogP contribution in [-0.4, -0.2) is 15.2 Å². The fourth-order valence-electron chi connectivity index (χ4n) is 0.918. The molecule has 0 aliphatic carbocycles. The molecular weight excluding hydrogens is 280 g/mol. The molecule has 15 heavy (non-hydrogen) atoms. The third kappa shape index (κ3) is 2.48. The first kappa shape index (κ1) is 10.4. The Hall–Kier alpha value is -1.08. The van der Waals surface area contributed by atoms with Crippen molar-refractivity contribution in [3.63, 3.8) is 0 Å². The van der Waals surface area contributed by atoms with Crippen LogP contribution in [0, 0.1) is 6.92 Å². The molecule has 0 aliphatic heterocycles. The van der Waals surface area contributed by atoms with Gasteiger partial charge in [-0.15, -0.1) is 10.2 Å². The molecule has 7 heteroatoms. The monoisotopic (exact) mass is 286 g/mol. The predicted molar refractivity (Wildman–Crippen MR) is 59.5 cm³/mol. The summed E-state index contributed by atoms with van der Waals surface area (Å²) >= 11 is 4.65. The molecule has 2 aromatic heterocycles. The largest absolute Gasteiger partial charge is 0.416 e. The number of aromatic nitrogens is 3. The lowest BCUT2D eigenvalue weighted by molar-refractivity contribution is 0.429. The van der Waals surface area contributed by atoms with Crippen LogP contribution in [0.4, 0.5) is 5.69 Å². The van der Waals surface area contributed by atoms with E-state index in [4.69, 9.17) is 10.2 Å². The Morgan fingerprint density at radius 2 is 2.27 bits per heavy atom. The quantitative estimate of drug-likeness (QED) is 0.912. The van der Waals surface area contributed by atoms with Gasteiger partial charge in [-0.3, -0.25) is 0 Å². The van der Waals surface area contributed by atoms with Gasteiger partial charge < -0.3 is 10.2 Å². The smallest absolute Gasteiger partial charge is 0.282 e. The zero-order valence-electron chi connectivity index (χ0n) is 7.77. The standard InChI is InChI=1S/C8H7BrN4OS/c1-4-12-13-8(14-4)15-7-6(9)2-5(10)3-11-7/h2-3H,10H2,1H3. The van der Waals surface area contributed by atoms with E-state index >= 15 is 0 Å². The maximum absolute atomic E-state index is 5.57. The van der Waals surface area contributed by atoms with Crippen molar-refractivity contribution >= 4 is 33.4 Å². The Labute approximate surface area is 98.6 Å². The minimum absolute atomic E-state index is 0.463. The van der Waals surface area contributed by atoms with Crippen molar-refractivity contribution in [3.05, 3.63) is 22.6 Å². The van der Waals surface area contributed by atoms with Crippen LogP contribution in [0.3, 0.4) is 0 Å². The molecule has 0 amide bonds. The number of nitrogens with two attached hydrogens (primary N) is 1. The molecule has 0 unspecified atom stereocenters. The number of anilines is 1. The molecular formula is C8H7BrN4OS. The molecule has 0 spiro atoms. The fraction of sp³-hybridized carbons (Fsp3) is 0.125. The molecule has 2 rings (SSSR count). The summed E-state index contributed by atoms with van der Waals surface area (Å²) in [7, 11) is 0. The van der Waals surface area contributed by atoms with Gasteiger partial charge in [-0.05, 0) is 33.8 Å². The highest BCUT2D eigenvalue weighted by Crippen LogP contribution is 2.31. The summed E-state index contributed by atoms with van der Waals surface area (Å²) in [5, 5.41) is 8.79. The number of pyridine rings is 1. The first-order chi connectivity index (χ1) is 7.15. The zero-order valence-corrected chi connectivity index (χ0v) is 10.2. The van der Waals surface area contributed by atoms with Crippen LogP contribution in [0.2, 0.25) is 0 Å². The Balaban J connectivity index is 2.24. The molecule has 0 bridgehead atoms. The van der Waals surface area contributed by atoms with E-state index in [0.717, 1.165) is 9.50 Å². The van der Waals surface area contributed by atoms with Crippen molar-refractivity contribution in [1.29, 1.82) is 0 Å². The second-order valence-corrected chi connectivity index (χ2v) is 4.54. The number of nitrogens with zero attached hydrogens (tertiary/aromatic N) is 3. The van der Waals surface area contributed by atoms with Gasteiger partial charge in [0, 0.05) is 6.92 Å². The second kappa shape index (κ2) is 4.19. The van der Waals surface area contributed by atoms with Crippen molar-refractivity contribution in [2.45, 2.75) is 17.2 Å². The summed E-state index contributed by atoms with van der Waals surface area (Å²) in [6, 6.07) is 1.78. The van der Waals surface area contributed by atoms with Crippen LogP contribution in [0.5, 0.6) is 0 Å². The molecule has 0 saturated carbocycles. The number of hydrogen-bond donors (Lipinski definition) is 1. The minimum atomic E-state index is 0.463. The highest BCUT2D eigenvalue weighted by molar-refractivity contribution is 9.10. The molecule has 0 saturated heterocycles. The van der Waals surface area contributed by atoms with Crippen molar-refractivity contribution in [2.24, 2.45) is 0 Å². The van der Waals surface area contributed by atoms with Gasteiger partial charge in [0.2, 0.25) is 5.89 Å². The SMILES string of the molecule is Cc1nnc(Sc2ncc(N)cc2Br)o1. The van der Waals surface area contributed by atoms with Gasteiger partial charge in [0.05, 0.1) is 16.4 Å². The van der Waals surface area contributed by atoms with E-state index in [1.165, 1.54) is 11.8 Å². The Kier molecular flexibility index (Phi) is 2.92. The summed E-state index contributed by atoms with van der Waals surface area (Å²) in [6.07, 6.45) is 1.58. The Bertz CT molecular complexity index is 487. The topological polar surface area (TPSA) is 77.8 Å². The third-order valence-electron chi connectivity index (χ3n) is 1.52. The van der Waals surface area contributed by atoms with Gasteiger partial charge >= 0.3 is 0 Å². The molecule has 2 aromatic rings. The van der Waals surface area contributed by atoms with Crippen molar-refractivity contribution < 1.29 is 4.42 Å². The highest BCUT2D eigenvalue weighted by Gasteiger charge is 2.09. The van der Waals surface area contributed by atoms with E-state index < -0.39 is 0 Å². The van der Waals surface area contributed by atoms with E-state index in [-0.39, 0.29) is 0 Å². The van der Waals surface area contributed by atoms with Crippen LogP contribution >= 0.6 is 27.7 Å². The first-order valence-electron chi connectivity index (χ1n) is 4.04. The average Bonchev–Trinajstić information content (AvgIpc) is 2.56. The lowest BCUT2D eigenvalue weighted by Gasteiger charge is -2.00. The molecule has 2 heterocycles. The van der Waals surface area contributed by atoms with Gasteiger partial charge in [0.25, 0.3) is 5.22 Å². The molecule has 0 radical (unpaired) electrons. The molecule has 2 N–H and O–H groups in total. The molecule has 0 fully saturated rings. The predicted octanol–water partition coefficient (Wildman–Crippen LogP) is 2.27. The van der Waals surface area contributed by atoms with Gasteiger partial charge in [0.15, 0.2) is 0 Å². The van der Waals surface area contributed by atoms with Crippen molar-refractivity contribution in [1.82, 2.24) is 15.2 Å². The van der Waals surface area contributed by atoms with Crippen molar-refractivity contribution in [3.8, 4) is 0 Å². The molecule has 0 aromatic carbocycles. The Morgan fingerprint density at radius 1 is 1.47 bits per heavy atom. The summed E-state index contributed by atoms with van der Waals surface area (Å²) in [5.41, 5.74) is 6.18. The van der Waals surface area contributed by atoms with E-state index in [0.29, 0.717) is 16.8 Å². The normalized spacial score (nSPS) is 10.5. The second-order valence-electron chi connectivity index (χ2n) is 2.74. The summed E-state index contributed by atoms with van der Waals surface area (Å²) in [4.78, 5) is 4.15. The molecule has 5 nitrogen and oxygen atoms in total. The average molecular weight is 287 g/mol. The van der Waals surface area contributed by atoms with Gasteiger partial charge in [-0.25, -0.2) is 4.98 Å². The van der Waals surface area contributed by atoms with Crippen LogP contribution in [-0.2, 0) is 0 Å². The van der Waals surface area contributed by atoms with E-state index in [2.05, 4.69) is 31.1 Å². The van der Waals surface area contributed by atoms with Crippen molar-refractivity contribution in [2.75, 3.05) is 5.73 Å². The zero-order chi connectivity index (χ0) is 10.8. The van der Waals surface area contributed by atoms with Gasteiger partial charge in [0.1, 0.15) is 5.03 Å². The van der Waals surface area contributed by atoms with Crippen LogP contribution in [0.15, 0.2) is 31.4 Å². The molecule has 0 atom stereocenters. The lowest BCUT2D eigenvalue weighted by Crippen LogP contribution is -1.88. The fourth-order valence-corrected chi connectivity index (χ4v) is 2.20. The number of nitrogen functional groups attached to an aromatic ring is 1. The maximum Gasteiger partial charge on any atom is 0.282 e. The summed E-state index contributed by atoms with van der Waals surface area (Å²) in [6.45, 7) is 1.74. The van der Waals surface area contributed by atoms with E-state index in [9.17, 15) is 0 Å². The van der Waals surface area contributed by atoms with Gasteiger partial charge in [-0.1, -0.05) is 0 Å². The number of aryl methyl sites for hydroxylation is 1. The Morgan fingerprint density at radius 3 is 2.87 bits per heavy atom.